The highest BCUT2D eigenvalue weighted by atomic mass is 79.9. The highest BCUT2D eigenvalue weighted by molar-refractivity contribution is 9.09. The van der Waals surface area contributed by atoms with E-state index < -0.39 is 0 Å². The van der Waals surface area contributed by atoms with Crippen LogP contribution in [0.5, 0.6) is 5.75 Å². The molecule has 0 bridgehead atoms. The number of hydrogen-bond donors (Lipinski definition) is 0. The average molecular weight is 299 g/mol. The third-order valence-corrected chi connectivity index (χ3v) is 3.12. The van der Waals surface area contributed by atoms with E-state index in [-0.39, 0.29) is 0 Å². The summed E-state index contributed by atoms with van der Waals surface area (Å²) in [5, 5.41) is 1.10. The lowest BCUT2D eigenvalue weighted by atomic mass is 10.2. The molecule has 0 aliphatic heterocycles. The normalized spacial score (nSPS) is 10.2. The topological polar surface area (TPSA) is 26.3 Å². The molecule has 3 heteroatoms. The van der Waals surface area contributed by atoms with Gasteiger partial charge in [-0.3, -0.25) is 4.79 Å². The van der Waals surface area contributed by atoms with E-state index in [1.54, 1.807) is 12.1 Å². The van der Waals surface area contributed by atoms with Gasteiger partial charge in [-0.1, -0.05) is 35.2 Å². The predicted octanol–water partition coefficient (Wildman–Crippen LogP) is 4.22. The zero-order chi connectivity index (χ0) is 12.3. The molecule has 17 heavy (non-hydrogen) atoms. The summed E-state index contributed by atoms with van der Waals surface area (Å²) in [4.78, 5) is 10.5. The van der Waals surface area contributed by atoms with Crippen LogP contribution in [0, 0.1) is 0 Å². The Morgan fingerprint density at radius 3 is 2.29 bits per heavy atom. The van der Waals surface area contributed by atoms with E-state index in [1.807, 2.05) is 12.1 Å². The monoisotopic (exact) mass is 298 g/mol. The van der Waals surface area contributed by atoms with E-state index in [0.717, 1.165) is 30.4 Å². The van der Waals surface area contributed by atoms with Gasteiger partial charge in [0.25, 0.3) is 0 Å². The summed E-state index contributed by atoms with van der Waals surface area (Å²) in [5.74, 6) is 0.844. The van der Waals surface area contributed by atoms with Gasteiger partial charge in [-0.15, -0.1) is 0 Å². The second kappa shape index (κ2) is 9.23. The van der Waals surface area contributed by atoms with Gasteiger partial charge in [0.2, 0.25) is 0 Å². The minimum absolute atomic E-state index is 0.687. The second-order valence-corrected chi connectivity index (χ2v) is 4.79. The number of hydrogen-bond acceptors (Lipinski definition) is 2. The van der Waals surface area contributed by atoms with Crippen LogP contribution in [-0.2, 0) is 0 Å². The summed E-state index contributed by atoms with van der Waals surface area (Å²) < 4.78 is 5.59. The number of alkyl halides is 1. The molecule has 0 radical (unpaired) electrons. The number of benzene rings is 1. The van der Waals surface area contributed by atoms with Crippen molar-refractivity contribution >= 4 is 22.2 Å². The van der Waals surface area contributed by atoms with Crippen LogP contribution in [0.25, 0.3) is 0 Å². The molecule has 0 N–H and O–H groups in total. The Morgan fingerprint density at radius 2 is 1.65 bits per heavy atom. The van der Waals surface area contributed by atoms with E-state index in [0.29, 0.717) is 5.56 Å². The minimum atomic E-state index is 0.687. The zero-order valence-corrected chi connectivity index (χ0v) is 11.6. The standard InChI is InChI=1S/C14H19BrO2/c15-10-4-2-1-3-5-11-17-14-8-6-13(12-16)7-9-14/h6-9,12H,1-5,10-11H2. The van der Waals surface area contributed by atoms with Crippen molar-refractivity contribution in [1.29, 1.82) is 0 Å². The van der Waals surface area contributed by atoms with E-state index in [9.17, 15) is 4.79 Å². The highest BCUT2D eigenvalue weighted by Gasteiger charge is 1.95. The first-order valence-corrected chi connectivity index (χ1v) is 7.23. The van der Waals surface area contributed by atoms with Crippen molar-refractivity contribution in [2.24, 2.45) is 0 Å². The molecule has 0 spiro atoms. The molecule has 1 aromatic rings. The van der Waals surface area contributed by atoms with Crippen molar-refractivity contribution < 1.29 is 9.53 Å². The van der Waals surface area contributed by atoms with Crippen molar-refractivity contribution in [2.75, 3.05) is 11.9 Å². The third-order valence-electron chi connectivity index (χ3n) is 2.56. The molecule has 0 aliphatic carbocycles. The van der Waals surface area contributed by atoms with Crippen molar-refractivity contribution in [1.82, 2.24) is 0 Å². The summed E-state index contributed by atoms with van der Waals surface area (Å²) in [5.41, 5.74) is 0.687. The second-order valence-electron chi connectivity index (χ2n) is 3.99. The SMILES string of the molecule is O=Cc1ccc(OCCCCCCCBr)cc1. The van der Waals surface area contributed by atoms with Crippen LogP contribution in [-0.4, -0.2) is 18.2 Å². The fourth-order valence-corrected chi connectivity index (χ4v) is 1.96. The molecular weight excluding hydrogens is 280 g/mol. The molecule has 0 saturated heterocycles. The van der Waals surface area contributed by atoms with E-state index in [2.05, 4.69) is 15.9 Å². The third kappa shape index (κ3) is 6.47. The van der Waals surface area contributed by atoms with Crippen LogP contribution in [0.15, 0.2) is 24.3 Å². The van der Waals surface area contributed by atoms with Crippen LogP contribution in [0.4, 0.5) is 0 Å². The van der Waals surface area contributed by atoms with Gasteiger partial charge < -0.3 is 4.74 Å². The predicted molar refractivity (Wildman–Crippen MR) is 74.2 cm³/mol. The largest absolute Gasteiger partial charge is 0.494 e. The number of ether oxygens (including phenoxy) is 1. The van der Waals surface area contributed by atoms with Crippen molar-refractivity contribution in [2.45, 2.75) is 32.1 Å². The number of rotatable bonds is 9. The van der Waals surface area contributed by atoms with Crippen LogP contribution in [0.3, 0.4) is 0 Å². The van der Waals surface area contributed by atoms with Gasteiger partial charge in [0.1, 0.15) is 12.0 Å². The molecule has 0 heterocycles. The average Bonchev–Trinajstić information content (AvgIpc) is 2.38. The van der Waals surface area contributed by atoms with Gasteiger partial charge in [0.15, 0.2) is 0 Å². The van der Waals surface area contributed by atoms with Crippen LogP contribution in [0.2, 0.25) is 0 Å². The Kier molecular flexibility index (Phi) is 7.72. The number of carbonyl (C=O) groups excluding carboxylic acids is 1. The summed E-state index contributed by atoms with van der Waals surface area (Å²) in [6.07, 6.45) is 6.98. The molecule has 0 amide bonds. The number of halogens is 1. The first kappa shape index (κ1) is 14.2. The molecule has 2 nitrogen and oxygen atoms in total. The molecule has 0 aliphatic rings. The van der Waals surface area contributed by atoms with E-state index in [1.165, 1.54) is 25.7 Å². The van der Waals surface area contributed by atoms with Crippen LogP contribution < -0.4 is 4.74 Å². The molecule has 0 fully saturated rings. The maximum Gasteiger partial charge on any atom is 0.150 e. The lowest BCUT2D eigenvalue weighted by Gasteiger charge is -2.05. The Balaban J connectivity index is 2.07. The maximum absolute atomic E-state index is 10.5. The molecule has 0 aromatic heterocycles. The van der Waals surface area contributed by atoms with E-state index >= 15 is 0 Å². The lowest BCUT2D eigenvalue weighted by molar-refractivity contribution is 0.112. The van der Waals surface area contributed by atoms with Gasteiger partial charge in [-0.05, 0) is 37.1 Å². The van der Waals surface area contributed by atoms with Gasteiger partial charge in [0.05, 0.1) is 6.61 Å². The first-order valence-electron chi connectivity index (χ1n) is 6.11. The number of unbranched alkanes of at least 4 members (excludes halogenated alkanes) is 4. The van der Waals surface area contributed by atoms with Gasteiger partial charge in [0, 0.05) is 10.9 Å². The minimum Gasteiger partial charge on any atom is -0.494 e. The number of aldehydes is 1. The first-order chi connectivity index (χ1) is 8.36. The summed E-state index contributed by atoms with van der Waals surface area (Å²) >= 11 is 3.43. The molecular formula is C14H19BrO2. The fourth-order valence-electron chi connectivity index (χ4n) is 1.56. The lowest BCUT2D eigenvalue weighted by Crippen LogP contribution is -1.97. The zero-order valence-electron chi connectivity index (χ0n) is 10.0. The Labute approximate surface area is 111 Å². The van der Waals surface area contributed by atoms with Gasteiger partial charge in [-0.25, -0.2) is 0 Å². The van der Waals surface area contributed by atoms with Gasteiger partial charge >= 0.3 is 0 Å². The molecule has 1 aromatic carbocycles. The molecule has 0 atom stereocenters. The Hall–Kier alpha value is -0.830. The summed E-state index contributed by atoms with van der Waals surface area (Å²) in [6, 6.07) is 7.24. The smallest absolute Gasteiger partial charge is 0.150 e. The van der Waals surface area contributed by atoms with Crippen molar-refractivity contribution in [3.05, 3.63) is 29.8 Å². The number of carbonyl (C=O) groups is 1. The van der Waals surface area contributed by atoms with Crippen molar-refractivity contribution in [3.63, 3.8) is 0 Å². The molecule has 94 valence electrons. The van der Waals surface area contributed by atoms with E-state index in [4.69, 9.17) is 4.74 Å². The molecule has 1 rings (SSSR count). The maximum atomic E-state index is 10.5. The Morgan fingerprint density at radius 1 is 1.00 bits per heavy atom. The summed E-state index contributed by atoms with van der Waals surface area (Å²) in [6.45, 7) is 0.759. The quantitative estimate of drug-likeness (QED) is 0.387. The van der Waals surface area contributed by atoms with Gasteiger partial charge in [-0.2, -0.15) is 0 Å². The summed E-state index contributed by atoms with van der Waals surface area (Å²) in [7, 11) is 0. The highest BCUT2D eigenvalue weighted by Crippen LogP contribution is 2.12. The van der Waals surface area contributed by atoms with Crippen LogP contribution >= 0.6 is 15.9 Å². The Bertz CT molecular complexity index is 309. The molecule has 0 saturated carbocycles. The van der Waals surface area contributed by atoms with Crippen LogP contribution in [0.1, 0.15) is 42.5 Å². The fraction of sp³-hybridized carbons (Fsp3) is 0.500. The van der Waals surface area contributed by atoms with Crippen molar-refractivity contribution in [3.8, 4) is 5.75 Å². The molecule has 0 unspecified atom stereocenters.